The molecule has 4 rings (SSSR count). The fraction of sp³-hybridized carbons (Fsp3) is 0.353. The highest BCUT2D eigenvalue weighted by Gasteiger charge is 2.32. The minimum absolute atomic E-state index is 0.0221. The van der Waals surface area contributed by atoms with Crippen LogP contribution in [0.4, 0.5) is 5.13 Å². The van der Waals surface area contributed by atoms with Crippen LogP contribution in [-0.4, -0.2) is 46.4 Å². The zero-order valence-corrected chi connectivity index (χ0v) is 15.8. The highest BCUT2D eigenvalue weighted by atomic mass is 35.5. The van der Waals surface area contributed by atoms with Crippen LogP contribution in [0.25, 0.3) is 11.0 Å². The van der Waals surface area contributed by atoms with Crippen molar-refractivity contribution in [2.45, 2.75) is 19.4 Å². The lowest BCUT2D eigenvalue weighted by Crippen LogP contribution is -2.38. The number of rotatable bonds is 2. The van der Waals surface area contributed by atoms with Gasteiger partial charge in [0.25, 0.3) is 5.91 Å². The van der Waals surface area contributed by atoms with Crippen molar-refractivity contribution in [2.75, 3.05) is 25.5 Å². The summed E-state index contributed by atoms with van der Waals surface area (Å²) in [6, 6.07) is 5.44. The number of carbonyl (C=O) groups excluding carboxylic acids is 1. The molecule has 1 aliphatic rings. The summed E-state index contributed by atoms with van der Waals surface area (Å²) in [6.45, 7) is 2.68. The van der Waals surface area contributed by atoms with Crippen molar-refractivity contribution in [1.82, 2.24) is 19.9 Å². The smallest absolute Gasteiger partial charge is 0.290 e. The molecule has 0 aliphatic carbocycles. The van der Waals surface area contributed by atoms with E-state index in [1.54, 1.807) is 17.4 Å². The third kappa shape index (κ3) is 2.67. The predicted molar refractivity (Wildman–Crippen MR) is 101 cm³/mol. The number of para-hydroxylation sites is 1. The molecule has 8 heteroatoms. The number of imidazole rings is 1. The molecule has 0 unspecified atom stereocenters. The topological polar surface area (TPSA) is 65.1 Å². The van der Waals surface area contributed by atoms with E-state index in [9.17, 15) is 4.79 Å². The number of thiazole rings is 1. The van der Waals surface area contributed by atoms with E-state index in [0.29, 0.717) is 28.4 Å². The molecular formula is C17H18ClN5OS. The number of fused-ring (bicyclic) bond motifs is 2. The van der Waals surface area contributed by atoms with Gasteiger partial charge in [0.05, 0.1) is 32.7 Å². The molecule has 1 amide bonds. The Labute approximate surface area is 154 Å². The molecule has 1 aromatic carbocycles. The summed E-state index contributed by atoms with van der Waals surface area (Å²) in [5, 5.41) is 1.54. The van der Waals surface area contributed by atoms with Gasteiger partial charge in [0.2, 0.25) is 0 Å². The van der Waals surface area contributed by atoms with Crippen molar-refractivity contribution in [3.05, 3.63) is 39.6 Å². The van der Waals surface area contributed by atoms with Gasteiger partial charge in [-0.2, -0.15) is 0 Å². The molecule has 0 bridgehead atoms. The molecule has 3 aromatic rings. The van der Waals surface area contributed by atoms with Gasteiger partial charge in [0.15, 0.2) is 11.0 Å². The summed E-state index contributed by atoms with van der Waals surface area (Å²) in [6.07, 6.45) is 0.761. The maximum absolute atomic E-state index is 13.0. The maximum atomic E-state index is 13.0. The van der Waals surface area contributed by atoms with Crippen molar-refractivity contribution < 1.29 is 4.79 Å². The highest BCUT2D eigenvalue weighted by Crippen LogP contribution is 2.37. The molecule has 1 aliphatic heterocycles. The average Bonchev–Trinajstić information content (AvgIpc) is 3.20. The van der Waals surface area contributed by atoms with E-state index in [4.69, 9.17) is 11.6 Å². The monoisotopic (exact) mass is 375 g/mol. The zero-order chi connectivity index (χ0) is 17.7. The van der Waals surface area contributed by atoms with E-state index < -0.39 is 0 Å². The molecule has 6 nitrogen and oxygen atoms in total. The number of H-pyrrole nitrogens is 1. The second-order valence-corrected chi connectivity index (χ2v) is 7.76. The van der Waals surface area contributed by atoms with Gasteiger partial charge in [-0.25, -0.2) is 9.97 Å². The molecule has 1 N–H and O–H groups in total. The normalized spacial score (nSPS) is 17.0. The summed E-state index contributed by atoms with van der Waals surface area (Å²) >= 11 is 7.83. The lowest BCUT2D eigenvalue weighted by molar-refractivity contribution is 0.0669. The molecule has 2 aromatic heterocycles. The van der Waals surface area contributed by atoms with Crippen molar-refractivity contribution in [2.24, 2.45) is 0 Å². The van der Waals surface area contributed by atoms with Crippen LogP contribution in [0.15, 0.2) is 18.2 Å². The SMILES string of the molecule is C[C@@H]1c2sc(N(C)C)nc2CCN1C(=O)c1nc2cccc(Cl)c2[nH]1. The number of carbonyl (C=O) groups is 1. The fourth-order valence-corrected chi connectivity index (χ4v) is 4.44. The Morgan fingerprint density at radius 2 is 2.20 bits per heavy atom. The molecule has 25 heavy (non-hydrogen) atoms. The largest absolute Gasteiger partial charge is 0.354 e. The van der Waals surface area contributed by atoms with Crippen LogP contribution >= 0.6 is 22.9 Å². The average molecular weight is 376 g/mol. The van der Waals surface area contributed by atoms with Crippen molar-refractivity contribution >= 4 is 45.0 Å². The minimum Gasteiger partial charge on any atom is -0.354 e. The lowest BCUT2D eigenvalue weighted by Gasteiger charge is -2.31. The van der Waals surface area contributed by atoms with E-state index in [-0.39, 0.29) is 11.9 Å². The first-order chi connectivity index (χ1) is 12.0. The summed E-state index contributed by atoms with van der Waals surface area (Å²) < 4.78 is 0. The number of aromatic nitrogens is 3. The molecule has 0 saturated carbocycles. The Kier molecular flexibility index (Phi) is 3.92. The van der Waals surface area contributed by atoms with Crippen LogP contribution in [0.1, 0.15) is 34.2 Å². The van der Waals surface area contributed by atoms with E-state index in [0.717, 1.165) is 22.1 Å². The summed E-state index contributed by atoms with van der Waals surface area (Å²) in [5.41, 5.74) is 2.50. The van der Waals surface area contributed by atoms with Crippen LogP contribution in [0.3, 0.4) is 0 Å². The second kappa shape index (κ2) is 6.00. The number of benzene rings is 1. The number of hydrogen-bond acceptors (Lipinski definition) is 5. The minimum atomic E-state index is -0.106. The maximum Gasteiger partial charge on any atom is 0.290 e. The summed E-state index contributed by atoms with van der Waals surface area (Å²) in [7, 11) is 3.96. The Morgan fingerprint density at radius 1 is 1.40 bits per heavy atom. The van der Waals surface area contributed by atoms with Gasteiger partial charge >= 0.3 is 0 Å². The first kappa shape index (κ1) is 16.4. The van der Waals surface area contributed by atoms with Gasteiger partial charge < -0.3 is 14.8 Å². The van der Waals surface area contributed by atoms with E-state index in [1.807, 2.05) is 43.0 Å². The first-order valence-electron chi connectivity index (χ1n) is 8.08. The molecule has 0 saturated heterocycles. The number of amides is 1. The van der Waals surface area contributed by atoms with Crippen LogP contribution in [-0.2, 0) is 6.42 Å². The number of aromatic amines is 1. The van der Waals surface area contributed by atoms with Crippen molar-refractivity contribution in [3.8, 4) is 0 Å². The van der Waals surface area contributed by atoms with E-state index in [2.05, 4.69) is 15.0 Å². The molecule has 1 atom stereocenters. The second-order valence-electron chi connectivity index (χ2n) is 6.35. The van der Waals surface area contributed by atoms with Crippen LogP contribution in [0.2, 0.25) is 5.02 Å². The van der Waals surface area contributed by atoms with Gasteiger partial charge in [-0.3, -0.25) is 4.79 Å². The van der Waals surface area contributed by atoms with Gasteiger partial charge in [0.1, 0.15) is 0 Å². The number of anilines is 1. The van der Waals surface area contributed by atoms with Gasteiger partial charge in [-0.05, 0) is 19.1 Å². The summed E-state index contributed by atoms with van der Waals surface area (Å²) in [4.78, 5) is 30.2. The van der Waals surface area contributed by atoms with E-state index in [1.165, 1.54) is 0 Å². The van der Waals surface area contributed by atoms with Crippen molar-refractivity contribution in [3.63, 3.8) is 0 Å². The Morgan fingerprint density at radius 3 is 2.92 bits per heavy atom. The molecule has 3 heterocycles. The molecule has 0 fully saturated rings. The number of nitrogens with one attached hydrogen (secondary N) is 1. The highest BCUT2D eigenvalue weighted by molar-refractivity contribution is 7.15. The Balaban J connectivity index is 1.66. The lowest BCUT2D eigenvalue weighted by atomic mass is 10.1. The predicted octanol–water partition coefficient (Wildman–Crippen LogP) is 3.50. The first-order valence-corrected chi connectivity index (χ1v) is 9.27. The molecular weight excluding hydrogens is 358 g/mol. The van der Waals surface area contributed by atoms with Crippen LogP contribution in [0.5, 0.6) is 0 Å². The third-order valence-corrected chi connectivity index (χ3v) is 6.22. The van der Waals surface area contributed by atoms with Gasteiger partial charge in [-0.15, -0.1) is 0 Å². The van der Waals surface area contributed by atoms with Crippen molar-refractivity contribution in [1.29, 1.82) is 0 Å². The van der Waals surface area contributed by atoms with Gasteiger partial charge in [-0.1, -0.05) is 29.0 Å². The molecule has 0 radical (unpaired) electrons. The van der Waals surface area contributed by atoms with Gasteiger partial charge in [0, 0.05) is 27.1 Å². The molecule has 130 valence electrons. The quantitative estimate of drug-likeness (QED) is 0.744. The summed E-state index contributed by atoms with van der Waals surface area (Å²) in [5.74, 6) is 0.223. The number of halogens is 1. The number of nitrogens with zero attached hydrogens (tertiary/aromatic N) is 4. The van der Waals surface area contributed by atoms with Crippen LogP contribution < -0.4 is 4.90 Å². The number of hydrogen-bond donors (Lipinski definition) is 1. The molecule has 0 spiro atoms. The zero-order valence-electron chi connectivity index (χ0n) is 14.2. The standard InChI is InChI=1S/C17H18ClN5OS/c1-9-14-12(20-17(25-14)22(2)3)7-8-23(9)16(24)15-19-11-6-4-5-10(18)13(11)21-15/h4-6,9H,7-8H2,1-3H3,(H,19,21)/t9-/m1/s1. The Hall–Kier alpha value is -2.12. The van der Waals surface area contributed by atoms with Crippen LogP contribution in [0, 0.1) is 0 Å². The third-order valence-electron chi connectivity index (χ3n) is 4.47. The fourth-order valence-electron chi connectivity index (χ4n) is 3.12. The van der Waals surface area contributed by atoms with E-state index >= 15 is 0 Å². The Bertz CT molecular complexity index is 963.